The number of piperidine rings is 1. The Labute approximate surface area is 199 Å². The number of pyridine rings is 1. The van der Waals surface area contributed by atoms with Crippen molar-refractivity contribution in [3.05, 3.63) is 23.9 Å². The standard InChI is InChI=1S/C22H38N6O.HI/c1-5-10-27-11-8-20(9-12-27)26-22(23-4)25-14-19-6-7-21(24-13-19)28-15-17(2)29-18(3)16-28;/h6-7,13,17-18,20H,5,8-12,14-16H2,1-4H3,(H2,23,25,26);1H. The Morgan fingerprint density at radius 1 is 1.20 bits per heavy atom. The molecule has 1 aromatic heterocycles. The summed E-state index contributed by atoms with van der Waals surface area (Å²) in [6.07, 6.45) is 6.03. The molecule has 3 heterocycles. The average Bonchev–Trinajstić information content (AvgIpc) is 2.72. The molecule has 2 aliphatic rings. The van der Waals surface area contributed by atoms with Crippen molar-refractivity contribution in [1.82, 2.24) is 20.5 Å². The molecule has 3 rings (SSSR count). The van der Waals surface area contributed by atoms with Gasteiger partial charge in [-0.2, -0.15) is 0 Å². The third-order valence-electron chi connectivity index (χ3n) is 5.70. The lowest BCUT2D eigenvalue weighted by molar-refractivity contribution is -0.00545. The second-order valence-corrected chi connectivity index (χ2v) is 8.37. The van der Waals surface area contributed by atoms with Gasteiger partial charge in [-0.15, -0.1) is 24.0 Å². The van der Waals surface area contributed by atoms with E-state index in [4.69, 9.17) is 4.74 Å². The molecule has 2 N–H and O–H groups in total. The number of aliphatic imine (C=N–C) groups is 1. The molecule has 0 spiro atoms. The summed E-state index contributed by atoms with van der Waals surface area (Å²) in [6, 6.07) is 4.76. The molecule has 2 atom stereocenters. The number of nitrogens with one attached hydrogen (secondary N) is 2. The highest BCUT2D eigenvalue weighted by atomic mass is 127. The van der Waals surface area contributed by atoms with E-state index in [-0.39, 0.29) is 36.2 Å². The minimum atomic E-state index is 0. The van der Waals surface area contributed by atoms with Gasteiger partial charge in [0.2, 0.25) is 0 Å². The molecule has 30 heavy (non-hydrogen) atoms. The number of nitrogens with zero attached hydrogens (tertiary/aromatic N) is 4. The first kappa shape index (κ1) is 25.1. The summed E-state index contributed by atoms with van der Waals surface area (Å²) < 4.78 is 5.82. The van der Waals surface area contributed by atoms with Crippen LogP contribution in [0.3, 0.4) is 0 Å². The van der Waals surface area contributed by atoms with Crippen LogP contribution < -0.4 is 15.5 Å². The maximum Gasteiger partial charge on any atom is 0.191 e. The van der Waals surface area contributed by atoms with Crippen LogP contribution in [0.4, 0.5) is 5.82 Å². The monoisotopic (exact) mass is 530 g/mol. The van der Waals surface area contributed by atoms with Crippen molar-refractivity contribution in [3.8, 4) is 0 Å². The molecule has 0 bridgehead atoms. The average molecular weight is 530 g/mol. The minimum absolute atomic E-state index is 0. The number of morpholine rings is 1. The Balaban J connectivity index is 0.00000320. The predicted molar refractivity (Wildman–Crippen MR) is 135 cm³/mol. The highest BCUT2D eigenvalue weighted by molar-refractivity contribution is 14.0. The van der Waals surface area contributed by atoms with Crippen molar-refractivity contribution in [2.24, 2.45) is 4.99 Å². The first-order valence-electron chi connectivity index (χ1n) is 11.1. The molecule has 0 saturated carbocycles. The van der Waals surface area contributed by atoms with E-state index in [0.717, 1.165) is 37.0 Å². The van der Waals surface area contributed by atoms with Gasteiger partial charge in [-0.25, -0.2) is 4.98 Å². The van der Waals surface area contributed by atoms with Crippen LogP contribution >= 0.6 is 24.0 Å². The summed E-state index contributed by atoms with van der Waals surface area (Å²) in [4.78, 5) is 13.9. The van der Waals surface area contributed by atoms with Crippen molar-refractivity contribution in [2.45, 2.75) is 64.8 Å². The molecule has 1 aromatic rings. The summed E-state index contributed by atoms with van der Waals surface area (Å²) in [5, 5.41) is 7.02. The maximum absolute atomic E-state index is 5.82. The van der Waals surface area contributed by atoms with Gasteiger partial charge in [-0.1, -0.05) is 13.0 Å². The Morgan fingerprint density at radius 3 is 2.47 bits per heavy atom. The van der Waals surface area contributed by atoms with Gasteiger partial charge in [-0.3, -0.25) is 4.99 Å². The Kier molecular flexibility index (Phi) is 10.6. The summed E-state index contributed by atoms with van der Waals surface area (Å²) in [7, 11) is 1.84. The summed E-state index contributed by atoms with van der Waals surface area (Å²) in [5.74, 6) is 1.90. The van der Waals surface area contributed by atoms with Gasteiger partial charge < -0.3 is 25.2 Å². The molecule has 2 fully saturated rings. The van der Waals surface area contributed by atoms with E-state index >= 15 is 0 Å². The molecule has 0 aromatic carbocycles. The van der Waals surface area contributed by atoms with Crippen molar-refractivity contribution in [3.63, 3.8) is 0 Å². The van der Waals surface area contributed by atoms with E-state index in [1.807, 2.05) is 13.2 Å². The van der Waals surface area contributed by atoms with Crippen LogP contribution in [0.5, 0.6) is 0 Å². The van der Waals surface area contributed by atoms with Gasteiger partial charge in [0.05, 0.1) is 12.2 Å². The predicted octanol–water partition coefficient (Wildman–Crippen LogP) is 2.85. The third kappa shape index (κ3) is 7.53. The number of aromatic nitrogens is 1. The number of guanidine groups is 1. The third-order valence-corrected chi connectivity index (χ3v) is 5.70. The topological polar surface area (TPSA) is 65.0 Å². The molecule has 8 heteroatoms. The zero-order valence-corrected chi connectivity index (χ0v) is 21.3. The first-order valence-corrected chi connectivity index (χ1v) is 11.1. The number of ether oxygens (including phenoxy) is 1. The van der Waals surface area contributed by atoms with E-state index in [9.17, 15) is 0 Å². The Hall–Kier alpha value is -1.13. The first-order chi connectivity index (χ1) is 14.1. The zero-order chi connectivity index (χ0) is 20.6. The second-order valence-electron chi connectivity index (χ2n) is 8.37. The lowest BCUT2D eigenvalue weighted by Gasteiger charge is -2.36. The van der Waals surface area contributed by atoms with Crippen LogP contribution in [0.25, 0.3) is 0 Å². The van der Waals surface area contributed by atoms with Gasteiger partial charge >= 0.3 is 0 Å². The normalized spacial score (nSPS) is 23.7. The van der Waals surface area contributed by atoms with Crippen molar-refractivity contribution in [1.29, 1.82) is 0 Å². The van der Waals surface area contributed by atoms with Crippen molar-refractivity contribution < 1.29 is 4.74 Å². The van der Waals surface area contributed by atoms with E-state index in [0.29, 0.717) is 6.04 Å². The Bertz CT molecular complexity index is 638. The quantitative estimate of drug-likeness (QED) is 0.335. The zero-order valence-electron chi connectivity index (χ0n) is 18.9. The fourth-order valence-corrected chi connectivity index (χ4v) is 4.26. The van der Waals surface area contributed by atoms with Crippen molar-refractivity contribution in [2.75, 3.05) is 44.7 Å². The molecule has 0 radical (unpaired) electrons. The second kappa shape index (κ2) is 12.7. The molecule has 2 saturated heterocycles. The lowest BCUT2D eigenvalue weighted by atomic mass is 10.1. The Morgan fingerprint density at radius 2 is 1.90 bits per heavy atom. The maximum atomic E-state index is 5.82. The van der Waals surface area contributed by atoms with Crippen LogP contribution in [0, 0.1) is 0 Å². The number of rotatable bonds is 6. The summed E-state index contributed by atoms with van der Waals surface area (Å²) in [5.41, 5.74) is 1.16. The van der Waals surface area contributed by atoms with Crippen LogP contribution in [0.15, 0.2) is 23.3 Å². The van der Waals surface area contributed by atoms with Crippen LogP contribution in [0.2, 0.25) is 0 Å². The van der Waals surface area contributed by atoms with Crippen LogP contribution in [-0.4, -0.2) is 73.9 Å². The van der Waals surface area contributed by atoms with Gasteiger partial charge in [0, 0.05) is 52.0 Å². The van der Waals surface area contributed by atoms with Crippen molar-refractivity contribution >= 4 is 35.8 Å². The molecule has 170 valence electrons. The molecule has 0 amide bonds. The number of likely N-dealkylation sites (tertiary alicyclic amines) is 1. The highest BCUT2D eigenvalue weighted by Gasteiger charge is 2.23. The number of hydrogen-bond donors (Lipinski definition) is 2. The molecule has 2 aliphatic heterocycles. The smallest absolute Gasteiger partial charge is 0.191 e. The van der Waals surface area contributed by atoms with Gasteiger partial charge in [-0.05, 0) is 51.3 Å². The molecule has 2 unspecified atom stereocenters. The van der Waals surface area contributed by atoms with Gasteiger partial charge in [0.25, 0.3) is 0 Å². The van der Waals surface area contributed by atoms with E-state index in [1.165, 1.54) is 38.9 Å². The molecular weight excluding hydrogens is 491 g/mol. The molecule has 7 nitrogen and oxygen atoms in total. The van der Waals surface area contributed by atoms with Crippen LogP contribution in [0.1, 0.15) is 45.6 Å². The van der Waals surface area contributed by atoms with E-state index in [1.54, 1.807) is 0 Å². The van der Waals surface area contributed by atoms with E-state index < -0.39 is 0 Å². The minimum Gasteiger partial charge on any atom is -0.372 e. The molecular formula is C22H39IN6O. The van der Waals surface area contributed by atoms with E-state index in [2.05, 4.69) is 63.3 Å². The highest BCUT2D eigenvalue weighted by Crippen LogP contribution is 2.18. The summed E-state index contributed by atoms with van der Waals surface area (Å²) >= 11 is 0. The largest absolute Gasteiger partial charge is 0.372 e. The fourth-order valence-electron chi connectivity index (χ4n) is 4.26. The lowest BCUT2D eigenvalue weighted by Crippen LogP contribution is -2.48. The number of anilines is 1. The summed E-state index contributed by atoms with van der Waals surface area (Å²) in [6.45, 7) is 12.5. The number of hydrogen-bond acceptors (Lipinski definition) is 5. The van der Waals surface area contributed by atoms with Gasteiger partial charge in [0.1, 0.15) is 5.82 Å². The van der Waals surface area contributed by atoms with Gasteiger partial charge in [0.15, 0.2) is 5.96 Å². The fraction of sp³-hybridized carbons (Fsp3) is 0.727. The number of halogens is 1. The molecule has 0 aliphatic carbocycles. The SMILES string of the molecule is CCCN1CCC(NC(=NC)NCc2ccc(N3CC(C)OC(C)C3)nc2)CC1.I. The van der Waals surface area contributed by atoms with Crippen LogP contribution in [-0.2, 0) is 11.3 Å².